The minimum Gasteiger partial charge on any atom is -0.481 e. The Hall–Kier alpha value is -5.30. The van der Waals surface area contributed by atoms with Gasteiger partial charge in [-0.05, 0) is 74.0 Å². The molecule has 9 atom stereocenters. The number of hydrogen-bond acceptors (Lipinski definition) is 11. The molecule has 0 aromatic carbocycles. The highest BCUT2D eigenvalue weighted by atomic mass is 16.5. The van der Waals surface area contributed by atoms with Crippen molar-refractivity contribution in [3.8, 4) is 0 Å². The fourth-order valence-corrected chi connectivity index (χ4v) is 8.53. The highest BCUT2D eigenvalue weighted by Crippen LogP contribution is 2.20. The minimum atomic E-state index is -1.72. The molecule has 1 fully saturated rings. The van der Waals surface area contributed by atoms with Gasteiger partial charge in [-0.15, -0.1) is 0 Å². The molecule has 20 nitrogen and oxygen atoms in total. The van der Waals surface area contributed by atoms with Crippen molar-refractivity contribution >= 4 is 59.3 Å². The standard InChI is InChI=1S/C53H93N7O13/c1-13-35(12)46-53(72)73-36(22-20-18-16-14-15-17-19-21-30(2)3)28-42(61)54-37(23-24-43(62)63)47(66)55-38(25-31(4)5)48(67)56-39(26-32(6)7)50(69)59-45(34(10)11)52(71)58-41(29-44(64)65)49(68)57-40(27-33(8)9)51(70)60-46/h30-41,45-46H,13-29H2,1-12H3,(H,54,61)(H,55,66)(H,56,67)(H,57,68)(H,58,71)(H,59,69)(H,60,70)(H,62,63)(H,64,65). The normalized spacial score (nSPS) is 24.4. The molecular weight excluding hydrogens is 943 g/mol. The summed E-state index contributed by atoms with van der Waals surface area (Å²) >= 11 is 0. The maximum absolute atomic E-state index is 14.3. The fourth-order valence-electron chi connectivity index (χ4n) is 8.53. The molecule has 1 heterocycles. The van der Waals surface area contributed by atoms with Crippen molar-refractivity contribution in [3.63, 3.8) is 0 Å². The van der Waals surface area contributed by atoms with Crippen molar-refractivity contribution in [2.45, 2.75) is 241 Å². The van der Waals surface area contributed by atoms with Crippen LogP contribution in [-0.4, -0.2) is 118 Å². The van der Waals surface area contributed by atoms with Crippen LogP contribution >= 0.6 is 0 Å². The van der Waals surface area contributed by atoms with Crippen molar-refractivity contribution in [2.24, 2.45) is 35.5 Å². The fraction of sp³-hybridized carbons (Fsp3) is 0.811. The summed E-state index contributed by atoms with van der Waals surface area (Å²) in [5.41, 5.74) is 0. The third kappa shape index (κ3) is 27.0. The number of hydrogen-bond donors (Lipinski definition) is 9. The lowest BCUT2D eigenvalue weighted by Crippen LogP contribution is -2.61. The Kier molecular flexibility index (Phi) is 30.8. The van der Waals surface area contributed by atoms with Gasteiger partial charge in [0, 0.05) is 6.42 Å². The zero-order valence-electron chi connectivity index (χ0n) is 46.0. The number of amides is 7. The van der Waals surface area contributed by atoms with Crippen LogP contribution in [0.2, 0.25) is 0 Å². The van der Waals surface area contributed by atoms with E-state index in [0.29, 0.717) is 18.8 Å². The molecule has 0 aromatic heterocycles. The van der Waals surface area contributed by atoms with E-state index in [1.165, 1.54) is 0 Å². The van der Waals surface area contributed by atoms with E-state index in [1.807, 2.05) is 0 Å². The highest BCUT2D eigenvalue weighted by molar-refractivity contribution is 5.98. The van der Waals surface area contributed by atoms with Crippen LogP contribution in [-0.2, 0) is 52.7 Å². The van der Waals surface area contributed by atoms with Gasteiger partial charge in [0.15, 0.2) is 0 Å². The van der Waals surface area contributed by atoms with Crippen molar-refractivity contribution in [3.05, 3.63) is 0 Å². The van der Waals surface area contributed by atoms with Gasteiger partial charge in [0.05, 0.1) is 12.8 Å². The van der Waals surface area contributed by atoms with Gasteiger partial charge >= 0.3 is 17.9 Å². The summed E-state index contributed by atoms with van der Waals surface area (Å²) in [4.78, 5) is 137. The maximum Gasteiger partial charge on any atom is 0.329 e. The van der Waals surface area contributed by atoms with Gasteiger partial charge in [-0.2, -0.15) is 0 Å². The number of carbonyl (C=O) groups is 10. The van der Waals surface area contributed by atoms with Crippen molar-refractivity contribution < 1.29 is 62.9 Å². The van der Waals surface area contributed by atoms with Crippen LogP contribution in [0.25, 0.3) is 0 Å². The molecular formula is C53H93N7O13. The number of ether oxygens (including phenoxy) is 1. The van der Waals surface area contributed by atoms with E-state index in [0.717, 1.165) is 44.9 Å². The molecule has 1 saturated heterocycles. The number of cyclic esters (lactones) is 1. The minimum absolute atomic E-state index is 0.0381. The Balaban J connectivity index is 3.96. The molecule has 1 aliphatic rings. The summed E-state index contributed by atoms with van der Waals surface area (Å²) in [7, 11) is 0. The Labute approximate surface area is 434 Å². The van der Waals surface area contributed by atoms with E-state index < -0.39 is 139 Å². The summed E-state index contributed by atoms with van der Waals surface area (Å²) in [5.74, 6) is -10.5. The summed E-state index contributed by atoms with van der Waals surface area (Å²) in [5, 5.41) is 37.9. The van der Waals surface area contributed by atoms with E-state index in [1.54, 1.807) is 69.2 Å². The molecule has 9 N–H and O–H groups in total. The van der Waals surface area contributed by atoms with Gasteiger partial charge in [0.2, 0.25) is 41.4 Å². The number of carboxylic acids is 2. The Morgan fingerprint density at radius 3 is 1.36 bits per heavy atom. The molecule has 20 heteroatoms. The van der Waals surface area contributed by atoms with Crippen LogP contribution in [0, 0.1) is 35.5 Å². The average Bonchev–Trinajstić information content (AvgIpc) is 3.27. The van der Waals surface area contributed by atoms with E-state index in [2.05, 4.69) is 51.1 Å². The number of carboxylic acid groups (broad SMARTS) is 2. The highest BCUT2D eigenvalue weighted by Gasteiger charge is 2.38. The first kappa shape index (κ1) is 65.7. The molecule has 0 spiro atoms. The number of nitrogens with one attached hydrogen (secondary N) is 7. The Morgan fingerprint density at radius 1 is 0.493 bits per heavy atom. The third-order valence-corrected chi connectivity index (χ3v) is 12.8. The summed E-state index contributed by atoms with van der Waals surface area (Å²) < 4.78 is 6.06. The third-order valence-electron chi connectivity index (χ3n) is 12.8. The van der Waals surface area contributed by atoms with Crippen molar-refractivity contribution in [1.82, 2.24) is 37.2 Å². The van der Waals surface area contributed by atoms with Crippen LogP contribution in [0.5, 0.6) is 0 Å². The Morgan fingerprint density at radius 2 is 0.918 bits per heavy atom. The molecule has 1 aliphatic heterocycles. The predicted octanol–water partition coefficient (Wildman–Crippen LogP) is 5.04. The Bertz CT molecular complexity index is 1810. The van der Waals surface area contributed by atoms with Crippen molar-refractivity contribution in [2.75, 3.05) is 0 Å². The average molecular weight is 1040 g/mol. The molecule has 0 radical (unpaired) electrons. The van der Waals surface area contributed by atoms with E-state index in [4.69, 9.17) is 4.74 Å². The lowest BCUT2D eigenvalue weighted by Gasteiger charge is -2.30. The molecule has 418 valence electrons. The first-order valence-electron chi connectivity index (χ1n) is 26.9. The topological polar surface area (TPSA) is 305 Å². The summed E-state index contributed by atoms with van der Waals surface area (Å²) in [6.45, 7) is 21.9. The second-order valence-corrected chi connectivity index (χ2v) is 22.1. The maximum atomic E-state index is 14.3. The predicted molar refractivity (Wildman–Crippen MR) is 276 cm³/mol. The van der Waals surface area contributed by atoms with Crippen LogP contribution in [0.4, 0.5) is 0 Å². The lowest BCUT2D eigenvalue weighted by molar-refractivity contribution is -0.156. The quantitative estimate of drug-likeness (QED) is 0.0453. The lowest BCUT2D eigenvalue weighted by atomic mass is 9.97. The van der Waals surface area contributed by atoms with Crippen molar-refractivity contribution in [1.29, 1.82) is 0 Å². The molecule has 1 rings (SSSR count). The first-order valence-corrected chi connectivity index (χ1v) is 26.9. The first-order chi connectivity index (χ1) is 34.1. The van der Waals surface area contributed by atoms with E-state index >= 15 is 0 Å². The monoisotopic (exact) mass is 1040 g/mol. The van der Waals surface area contributed by atoms with E-state index in [9.17, 15) is 58.2 Å². The SMILES string of the molecule is CCC(C)C1NC(=O)C(CC(C)C)NC(=O)C(CC(=O)O)NC(=O)C(C(C)C)NC(=O)C(CC(C)C)NC(=O)C(CC(C)C)NC(=O)C(CCC(=O)O)NC(=O)CC(CCCCCCCCCC(C)C)OC1=O. The zero-order valence-corrected chi connectivity index (χ0v) is 46.0. The second-order valence-electron chi connectivity index (χ2n) is 22.1. The van der Waals surface area contributed by atoms with Gasteiger partial charge in [-0.3, -0.25) is 43.2 Å². The molecule has 0 saturated carbocycles. The van der Waals surface area contributed by atoms with Gasteiger partial charge < -0.3 is 52.2 Å². The van der Waals surface area contributed by atoms with Crippen LogP contribution in [0.15, 0.2) is 0 Å². The second kappa shape index (κ2) is 34.2. The van der Waals surface area contributed by atoms with Crippen LogP contribution in [0.1, 0.15) is 192 Å². The largest absolute Gasteiger partial charge is 0.481 e. The molecule has 9 unspecified atom stereocenters. The van der Waals surface area contributed by atoms with Gasteiger partial charge in [-0.1, -0.05) is 134 Å². The molecule has 7 amide bonds. The number of rotatable bonds is 24. The number of carbonyl (C=O) groups excluding carboxylic acids is 8. The van der Waals surface area contributed by atoms with Crippen LogP contribution in [0.3, 0.4) is 0 Å². The van der Waals surface area contributed by atoms with Gasteiger partial charge in [0.25, 0.3) is 0 Å². The van der Waals surface area contributed by atoms with Crippen LogP contribution < -0.4 is 37.2 Å². The smallest absolute Gasteiger partial charge is 0.329 e. The summed E-state index contributed by atoms with van der Waals surface area (Å²) in [6.07, 6.45) is 5.31. The molecule has 0 bridgehead atoms. The number of aliphatic carboxylic acids is 2. The van der Waals surface area contributed by atoms with E-state index in [-0.39, 0.29) is 49.9 Å². The zero-order chi connectivity index (χ0) is 55.5. The molecule has 0 aromatic rings. The van der Waals surface area contributed by atoms with Gasteiger partial charge in [0.1, 0.15) is 48.4 Å². The molecule has 73 heavy (non-hydrogen) atoms. The summed E-state index contributed by atoms with van der Waals surface area (Å²) in [6, 6.07) is -9.66. The molecule has 0 aliphatic carbocycles. The van der Waals surface area contributed by atoms with Gasteiger partial charge in [-0.25, -0.2) is 4.79 Å². The number of unbranched alkanes of at least 4 members (excludes halogenated alkanes) is 6. The number of esters is 1.